The lowest BCUT2D eigenvalue weighted by molar-refractivity contribution is -0.0482. The highest BCUT2D eigenvalue weighted by Gasteiger charge is 2.35. The van der Waals surface area contributed by atoms with Crippen molar-refractivity contribution in [1.82, 2.24) is 0 Å². The zero-order chi connectivity index (χ0) is 17.7. The fourth-order valence-corrected chi connectivity index (χ4v) is 4.34. The third-order valence-electron chi connectivity index (χ3n) is 4.85. The van der Waals surface area contributed by atoms with Crippen molar-refractivity contribution in [2.24, 2.45) is 0 Å². The number of rotatable bonds is 4. The number of alkyl halides is 2. The van der Waals surface area contributed by atoms with E-state index in [4.69, 9.17) is 21.4 Å². The fourth-order valence-electron chi connectivity index (χ4n) is 2.16. The average Bonchev–Trinajstić information content (AvgIpc) is 2.41. The van der Waals surface area contributed by atoms with Crippen LogP contribution in [0.15, 0.2) is 12.2 Å². The molecule has 1 rings (SSSR count). The lowest BCUT2D eigenvalue weighted by atomic mass is 9.99. The maximum atomic E-state index is 9.11. The molecule has 2 nitrogen and oxygen atoms in total. The lowest BCUT2D eigenvalue weighted by Crippen LogP contribution is -2.42. The summed E-state index contributed by atoms with van der Waals surface area (Å²) in [6, 6.07) is 0. The van der Waals surface area contributed by atoms with Crippen molar-refractivity contribution in [3.05, 3.63) is 12.2 Å². The second-order valence-electron chi connectivity index (χ2n) is 7.78. The summed E-state index contributed by atoms with van der Waals surface area (Å²) in [6.07, 6.45) is 6.30. The van der Waals surface area contributed by atoms with Crippen molar-refractivity contribution >= 4 is 35.6 Å². The Hall–Kier alpha value is 0.207. The quantitative estimate of drug-likeness (QED) is 0.397. The molecule has 0 aromatic rings. The third kappa shape index (κ3) is 6.55. The Morgan fingerprint density at radius 3 is 2.57 bits per heavy atom. The highest BCUT2D eigenvalue weighted by Crippen LogP contribution is 2.35. The standard InChI is InChI=1S/C18H30BrClO2Si/c1-18(2,3)23(4,5)12-8-6-7-9-17-15(20)13-14(19)16(22-17)10-11-21/h6-7,14-17,21H,9-11,13H2,1-5H3/b7-6-/t14-,15+,16-,17+/m1/s1. The SMILES string of the molecule is CC(C)(C)[Si](C)(C)C#C/C=C\C[C@@H]1O[C@H](CCO)[C@H](Br)C[C@@H]1Cl. The van der Waals surface area contributed by atoms with E-state index >= 15 is 0 Å². The van der Waals surface area contributed by atoms with E-state index in [1.54, 1.807) is 0 Å². The van der Waals surface area contributed by atoms with Crippen molar-refractivity contribution in [2.45, 2.75) is 80.6 Å². The van der Waals surface area contributed by atoms with Crippen molar-refractivity contribution < 1.29 is 9.84 Å². The first kappa shape index (κ1) is 21.2. The minimum absolute atomic E-state index is 0.00654. The molecular weight excluding hydrogens is 392 g/mol. The first-order valence-corrected chi connectivity index (χ1v) is 12.7. The van der Waals surface area contributed by atoms with Gasteiger partial charge in [-0.15, -0.1) is 17.1 Å². The van der Waals surface area contributed by atoms with Crippen LogP contribution >= 0.6 is 27.5 Å². The molecular formula is C18H30BrClO2Si. The van der Waals surface area contributed by atoms with Gasteiger partial charge in [-0.3, -0.25) is 0 Å². The predicted molar refractivity (Wildman–Crippen MR) is 106 cm³/mol. The van der Waals surface area contributed by atoms with Gasteiger partial charge in [-0.25, -0.2) is 0 Å². The van der Waals surface area contributed by atoms with Crippen LogP contribution in [0.1, 0.15) is 40.0 Å². The summed E-state index contributed by atoms with van der Waals surface area (Å²) >= 11 is 10.0. The van der Waals surface area contributed by atoms with Crippen LogP contribution in [-0.2, 0) is 4.74 Å². The molecule has 0 amide bonds. The minimum atomic E-state index is -1.54. The van der Waals surface area contributed by atoms with Crippen LogP contribution in [0.4, 0.5) is 0 Å². The molecule has 0 aliphatic carbocycles. The normalized spacial score (nSPS) is 29.4. The first-order chi connectivity index (χ1) is 10.6. The molecule has 0 aromatic heterocycles. The average molecular weight is 422 g/mol. The van der Waals surface area contributed by atoms with Gasteiger partial charge in [0.1, 0.15) is 8.07 Å². The van der Waals surface area contributed by atoms with E-state index in [-0.39, 0.29) is 34.1 Å². The number of allylic oxidation sites excluding steroid dienone is 1. The molecule has 4 atom stereocenters. The molecule has 1 fully saturated rings. The zero-order valence-electron chi connectivity index (χ0n) is 14.9. The highest BCUT2D eigenvalue weighted by atomic mass is 79.9. The molecule has 0 bridgehead atoms. The largest absolute Gasteiger partial charge is 0.396 e. The molecule has 1 saturated heterocycles. The number of ether oxygens (including phenoxy) is 1. The summed E-state index contributed by atoms with van der Waals surface area (Å²) < 4.78 is 6.02. The van der Waals surface area contributed by atoms with Gasteiger partial charge in [0.05, 0.1) is 17.6 Å². The second-order valence-corrected chi connectivity index (χ2v) is 14.5. The summed E-state index contributed by atoms with van der Waals surface area (Å²) in [6.45, 7) is 11.6. The van der Waals surface area contributed by atoms with E-state index in [1.165, 1.54) is 0 Å². The van der Waals surface area contributed by atoms with Crippen molar-refractivity contribution in [2.75, 3.05) is 6.61 Å². The number of aliphatic hydroxyl groups excluding tert-OH is 1. The summed E-state index contributed by atoms with van der Waals surface area (Å²) in [5.41, 5.74) is 3.47. The molecule has 132 valence electrons. The molecule has 1 heterocycles. The van der Waals surface area contributed by atoms with E-state index in [9.17, 15) is 0 Å². The van der Waals surface area contributed by atoms with Gasteiger partial charge in [0.15, 0.2) is 0 Å². The molecule has 23 heavy (non-hydrogen) atoms. The van der Waals surface area contributed by atoms with Crippen molar-refractivity contribution in [1.29, 1.82) is 0 Å². The Bertz CT molecular complexity index is 462. The van der Waals surface area contributed by atoms with Gasteiger partial charge < -0.3 is 9.84 Å². The van der Waals surface area contributed by atoms with Crippen molar-refractivity contribution in [3.63, 3.8) is 0 Å². The molecule has 0 radical (unpaired) electrons. The maximum Gasteiger partial charge on any atom is 0.138 e. The summed E-state index contributed by atoms with van der Waals surface area (Å²) in [5, 5.41) is 9.39. The summed E-state index contributed by atoms with van der Waals surface area (Å²) in [5.74, 6) is 3.22. The summed E-state index contributed by atoms with van der Waals surface area (Å²) in [7, 11) is -1.54. The summed E-state index contributed by atoms with van der Waals surface area (Å²) in [4.78, 5) is 0.218. The Labute approximate surface area is 156 Å². The molecule has 1 aliphatic heterocycles. The third-order valence-corrected chi connectivity index (χ3v) is 10.8. The van der Waals surface area contributed by atoms with E-state index in [2.05, 4.69) is 67.3 Å². The first-order valence-electron chi connectivity index (χ1n) is 8.30. The Kier molecular flexibility index (Phi) is 8.37. The van der Waals surface area contributed by atoms with Crippen LogP contribution in [0.5, 0.6) is 0 Å². The van der Waals surface area contributed by atoms with Crippen LogP contribution < -0.4 is 0 Å². The lowest BCUT2D eigenvalue weighted by Gasteiger charge is -2.36. The zero-order valence-corrected chi connectivity index (χ0v) is 18.2. The number of aliphatic hydroxyl groups is 1. The van der Waals surface area contributed by atoms with Crippen LogP contribution in [0.25, 0.3) is 0 Å². The highest BCUT2D eigenvalue weighted by molar-refractivity contribution is 9.09. The van der Waals surface area contributed by atoms with Crippen LogP contribution in [0.3, 0.4) is 0 Å². The number of hydrogen-bond donors (Lipinski definition) is 1. The smallest absolute Gasteiger partial charge is 0.138 e. The van der Waals surface area contributed by atoms with E-state index < -0.39 is 8.07 Å². The van der Waals surface area contributed by atoms with E-state index in [0.717, 1.165) is 12.8 Å². The van der Waals surface area contributed by atoms with Gasteiger partial charge in [-0.05, 0) is 30.4 Å². The van der Waals surface area contributed by atoms with Crippen molar-refractivity contribution in [3.8, 4) is 11.5 Å². The monoisotopic (exact) mass is 420 g/mol. The molecule has 0 unspecified atom stereocenters. The Morgan fingerprint density at radius 1 is 1.35 bits per heavy atom. The van der Waals surface area contributed by atoms with Gasteiger partial charge in [0, 0.05) is 11.4 Å². The second kappa shape index (κ2) is 9.06. The molecule has 5 heteroatoms. The van der Waals surface area contributed by atoms with Gasteiger partial charge in [-0.1, -0.05) is 61.8 Å². The van der Waals surface area contributed by atoms with Crippen LogP contribution in [0, 0.1) is 11.5 Å². The maximum absolute atomic E-state index is 9.11. The van der Waals surface area contributed by atoms with Crippen LogP contribution in [-0.4, -0.2) is 42.2 Å². The van der Waals surface area contributed by atoms with E-state index in [1.807, 2.05) is 6.08 Å². The molecule has 0 saturated carbocycles. The predicted octanol–water partition coefficient (Wildman–Crippen LogP) is 4.89. The molecule has 0 spiro atoms. The number of halogens is 2. The van der Waals surface area contributed by atoms with Gasteiger partial charge in [0.2, 0.25) is 0 Å². The van der Waals surface area contributed by atoms with Gasteiger partial charge in [0.25, 0.3) is 0 Å². The van der Waals surface area contributed by atoms with Gasteiger partial charge >= 0.3 is 0 Å². The molecule has 0 aromatic carbocycles. The fraction of sp³-hybridized carbons (Fsp3) is 0.778. The van der Waals surface area contributed by atoms with E-state index in [0.29, 0.717) is 6.42 Å². The molecule has 1 aliphatic rings. The number of hydrogen-bond acceptors (Lipinski definition) is 2. The Balaban J connectivity index is 2.57. The molecule has 1 N–H and O–H groups in total. The van der Waals surface area contributed by atoms with Crippen LogP contribution in [0.2, 0.25) is 18.1 Å². The topological polar surface area (TPSA) is 29.5 Å². The van der Waals surface area contributed by atoms with Gasteiger partial charge in [-0.2, -0.15) is 0 Å². The minimum Gasteiger partial charge on any atom is -0.396 e. The Morgan fingerprint density at radius 2 is 2.00 bits per heavy atom.